The van der Waals surface area contributed by atoms with Crippen molar-refractivity contribution in [2.75, 3.05) is 13.6 Å². The van der Waals surface area contributed by atoms with Gasteiger partial charge in [-0.3, -0.25) is 24.1 Å². The third-order valence-electron chi connectivity index (χ3n) is 6.86. The Kier molecular flexibility index (Phi) is 7.75. The van der Waals surface area contributed by atoms with Gasteiger partial charge in [0.05, 0.1) is 11.8 Å². The fourth-order valence-corrected chi connectivity index (χ4v) is 4.94. The summed E-state index contributed by atoms with van der Waals surface area (Å²) in [6.45, 7) is 0.280. The van der Waals surface area contributed by atoms with Gasteiger partial charge in [-0.25, -0.2) is 0 Å². The molecule has 4 rings (SSSR count). The molecule has 0 radical (unpaired) electrons. The summed E-state index contributed by atoms with van der Waals surface area (Å²) < 4.78 is 0. The number of carbonyl (C=O) groups is 4. The Morgan fingerprint density at radius 3 is 2.00 bits per heavy atom. The number of imide groups is 1. The smallest absolute Gasteiger partial charge is 0.242 e. The van der Waals surface area contributed by atoms with Gasteiger partial charge in [0.1, 0.15) is 6.04 Å². The summed E-state index contributed by atoms with van der Waals surface area (Å²) in [6.07, 6.45) is 5.35. The topological polar surface area (TPSA) is 86.8 Å². The highest BCUT2D eigenvalue weighted by Gasteiger charge is 2.47. The molecule has 2 aliphatic rings. The zero-order valence-electron chi connectivity index (χ0n) is 19.9. The van der Waals surface area contributed by atoms with Crippen molar-refractivity contribution in [1.82, 2.24) is 15.1 Å². The standard InChI is InChI=1S/C28H31N3O4/c1-29-26(33)24(18-20-10-4-2-5-11-20)31(19-21-12-6-3-7-13-21)25(32)16-17-30-27(34)22-14-8-9-15-23(22)28(30)35/h2-13,22-24H,14-19H2,1H3,(H,29,33)/t22-,23+,24-/m1/s1. The maximum atomic E-state index is 13.6. The number of benzene rings is 2. The first-order valence-electron chi connectivity index (χ1n) is 12.1. The summed E-state index contributed by atoms with van der Waals surface area (Å²) >= 11 is 0. The van der Waals surface area contributed by atoms with Gasteiger partial charge in [-0.15, -0.1) is 0 Å². The minimum atomic E-state index is -0.730. The van der Waals surface area contributed by atoms with Crippen LogP contribution in [0.2, 0.25) is 0 Å². The van der Waals surface area contributed by atoms with Gasteiger partial charge in [0, 0.05) is 33.0 Å². The van der Waals surface area contributed by atoms with Crippen molar-refractivity contribution in [3.63, 3.8) is 0 Å². The number of carbonyl (C=O) groups excluding carboxylic acids is 4. The Hall–Kier alpha value is -3.74. The maximum Gasteiger partial charge on any atom is 0.242 e. The normalized spacial score (nSPS) is 19.9. The number of likely N-dealkylation sites (tertiary alicyclic amines) is 1. The lowest BCUT2D eigenvalue weighted by atomic mass is 9.85. The zero-order chi connectivity index (χ0) is 24.8. The van der Waals surface area contributed by atoms with E-state index in [1.54, 1.807) is 11.9 Å². The average molecular weight is 474 g/mol. The highest BCUT2D eigenvalue weighted by molar-refractivity contribution is 6.05. The van der Waals surface area contributed by atoms with Crippen molar-refractivity contribution in [2.45, 2.75) is 38.3 Å². The lowest BCUT2D eigenvalue weighted by molar-refractivity contribution is -0.144. The Bertz CT molecular complexity index is 1070. The third-order valence-corrected chi connectivity index (χ3v) is 6.86. The Morgan fingerprint density at radius 1 is 0.914 bits per heavy atom. The van der Waals surface area contributed by atoms with E-state index in [-0.39, 0.29) is 55.0 Å². The number of hydrogen-bond acceptors (Lipinski definition) is 4. The van der Waals surface area contributed by atoms with Gasteiger partial charge in [0.2, 0.25) is 23.6 Å². The molecule has 2 aromatic carbocycles. The van der Waals surface area contributed by atoms with Crippen LogP contribution in [0.25, 0.3) is 0 Å². The number of hydrogen-bond donors (Lipinski definition) is 1. The van der Waals surface area contributed by atoms with Gasteiger partial charge in [-0.1, -0.05) is 72.8 Å². The van der Waals surface area contributed by atoms with Gasteiger partial charge in [0.25, 0.3) is 0 Å². The molecule has 1 N–H and O–H groups in total. The number of amides is 4. The minimum Gasteiger partial charge on any atom is -0.357 e. The molecule has 1 heterocycles. The highest BCUT2D eigenvalue weighted by Crippen LogP contribution is 2.35. The van der Waals surface area contributed by atoms with E-state index in [1.165, 1.54) is 4.90 Å². The van der Waals surface area contributed by atoms with Crippen molar-refractivity contribution in [1.29, 1.82) is 0 Å². The molecule has 182 valence electrons. The van der Waals surface area contributed by atoms with Crippen molar-refractivity contribution >= 4 is 23.6 Å². The van der Waals surface area contributed by atoms with Gasteiger partial charge >= 0.3 is 0 Å². The minimum absolute atomic E-state index is 0.0283. The summed E-state index contributed by atoms with van der Waals surface area (Å²) in [5.74, 6) is -1.56. The van der Waals surface area contributed by atoms with Crippen LogP contribution in [-0.4, -0.2) is 53.1 Å². The van der Waals surface area contributed by atoms with Crippen LogP contribution < -0.4 is 5.32 Å². The van der Waals surface area contributed by atoms with Crippen molar-refractivity contribution in [3.8, 4) is 0 Å². The van der Waals surface area contributed by atoms with Crippen molar-refractivity contribution in [3.05, 3.63) is 83.9 Å². The Balaban J connectivity index is 1.54. The molecule has 3 atom stereocenters. The molecule has 4 amide bonds. The highest BCUT2D eigenvalue weighted by atomic mass is 16.2. The molecular formula is C28H31N3O4. The molecule has 7 heteroatoms. The first kappa shape index (κ1) is 24.4. The molecule has 1 aliphatic carbocycles. The van der Waals surface area contributed by atoms with E-state index in [4.69, 9.17) is 0 Å². The molecule has 0 bridgehead atoms. The predicted molar refractivity (Wildman–Crippen MR) is 132 cm³/mol. The molecule has 1 fully saturated rings. The third kappa shape index (κ3) is 5.50. The van der Waals surface area contributed by atoms with Crippen LogP contribution in [-0.2, 0) is 32.1 Å². The first-order chi connectivity index (χ1) is 17.0. The van der Waals surface area contributed by atoms with Crippen LogP contribution in [0.5, 0.6) is 0 Å². The Labute approximate surface area is 205 Å². The molecule has 2 aromatic rings. The second-order valence-electron chi connectivity index (χ2n) is 9.06. The molecule has 0 spiro atoms. The van der Waals surface area contributed by atoms with Crippen LogP contribution in [0.4, 0.5) is 0 Å². The van der Waals surface area contributed by atoms with E-state index in [2.05, 4.69) is 5.32 Å². The van der Waals surface area contributed by atoms with Crippen LogP contribution in [0.15, 0.2) is 72.8 Å². The number of likely N-dealkylation sites (N-methyl/N-ethyl adjacent to an activating group) is 1. The molecule has 0 aromatic heterocycles. The summed E-state index contributed by atoms with van der Waals surface area (Å²) in [4.78, 5) is 55.0. The molecule has 1 saturated heterocycles. The van der Waals surface area contributed by atoms with Gasteiger partial charge in [-0.05, 0) is 24.0 Å². The molecule has 0 saturated carbocycles. The second kappa shape index (κ2) is 11.1. The number of allylic oxidation sites excluding steroid dienone is 2. The van der Waals surface area contributed by atoms with Crippen molar-refractivity contribution < 1.29 is 19.2 Å². The van der Waals surface area contributed by atoms with E-state index >= 15 is 0 Å². The predicted octanol–water partition coefficient (Wildman–Crippen LogP) is 2.71. The molecule has 7 nitrogen and oxygen atoms in total. The Morgan fingerprint density at radius 2 is 1.46 bits per heavy atom. The van der Waals surface area contributed by atoms with Crippen LogP contribution in [0.1, 0.15) is 30.4 Å². The van der Waals surface area contributed by atoms with E-state index in [9.17, 15) is 19.2 Å². The average Bonchev–Trinajstić information content (AvgIpc) is 3.14. The summed E-state index contributed by atoms with van der Waals surface area (Å²) in [5.41, 5.74) is 1.83. The van der Waals surface area contributed by atoms with E-state index < -0.39 is 6.04 Å². The summed E-state index contributed by atoms with van der Waals surface area (Å²) in [7, 11) is 1.56. The van der Waals surface area contributed by atoms with E-state index in [0.29, 0.717) is 19.3 Å². The molecule has 0 unspecified atom stereocenters. The fourth-order valence-electron chi connectivity index (χ4n) is 4.94. The second-order valence-corrected chi connectivity index (χ2v) is 9.06. The van der Waals surface area contributed by atoms with Crippen LogP contribution in [0.3, 0.4) is 0 Å². The fraction of sp³-hybridized carbons (Fsp3) is 0.357. The van der Waals surface area contributed by atoms with Crippen LogP contribution in [0, 0.1) is 11.8 Å². The largest absolute Gasteiger partial charge is 0.357 e. The van der Waals surface area contributed by atoms with Crippen molar-refractivity contribution in [2.24, 2.45) is 11.8 Å². The monoisotopic (exact) mass is 473 g/mol. The number of nitrogens with one attached hydrogen (secondary N) is 1. The van der Waals surface area contributed by atoms with E-state index in [1.807, 2.05) is 72.8 Å². The molecular weight excluding hydrogens is 442 g/mol. The van der Waals surface area contributed by atoms with Gasteiger partial charge in [0.15, 0.2) is 0 Å². The number of fused-ring (bicyclic) bond motifs is 1. The maximum absolute atomic E-state index is 13.6. The van der Waals surface area contributed by atoms with Gasteiger partial charge < -0.3 is 10.2 Å². The SMILES string of the molecule is CNC(=O)[C@@H](Cc1ccccc1)N(Cc1ccccc1)C(=O)CCN1C(=O)[C@H]2CC=CC[C@H]2C1=O. The van der Waals surface area contributed by atoms with Crippen LogP contribution >= 0.6 is 0 Å². The number of rotatable bonds is 9. The van der Waals surface area contributed by atoms with E-state index in [0.717, 1.165) is 11.1 Å². The summed E-state index contributed by atoms with van der Waals surface area (Å²) in [5, 5.41) is 2.69. The zero-order valence-corrected chi connectivity index (χ0v) is 19.9. The number of nitrogens with zero attached hydrogens (tertiary/aromatic N) is 2. The first-order valence-corrected chi connectivity index (χ1v) is 12.1. The van der Waals surface area contributed by atoms with Gasteiger partial charge in [-0.2, -0.15) is 0 Å². The lowest BCUT2D eigenvalue weighted by Gasteiger charge is -2.31. The lowest BCUT2D eigenvalue weighted by Crippen LogP contribution is -2.50. The molecule has 1 aliphatic heterocycles. The summed E-state index contributed by atoms with van der Waals surface area (Å²) in [6, 6.07) is 18.3. The molecule has 35 heavy (non-hydrogen) atoms. The quantitative estimate of drug-likeness (QED) is 0.448.